The van der Waals surface area contributed by atoms with Crippen molar-refractivity contribution in [2.45, 2.75) is 30.7 Å². The van der Waals surface area contributed by atoms with Crippen LogP contribution in [-0.4, -0.2) is 48.5 Å². The van der Waals surface area contributed by atoms with E-state index in [0.717, 1.165) is 0 Å². The van der Waals surface area contributed by atoms with Gasteiger partial charge in [-0.05, 0) is 31.1 Å². The van der Waals surface area contributed by atoms with Gasteiger partial charge in [0.25, 0.3) is 0 Å². The lowest BCUT2D eigenvalue weighted by molar-refractivity contribution is -0.258. The predicted molar refractivity (Wildman–Crippen MR) is 112 cm³/mol. The Morgan fingerprint density at radius 2 is 1.90 bits per heavy atom. The molecule has 5 nitrogen and oxygen atoms in total. The van der Waals surface area contributed by atoms with Crippen LogP contribution in [0, 0.1) is 6.92 Å². The van der Waals surface area contributed by atoms with E-state index >= 15 is 0 Å². The number of thiocarbonyl (C=S) groups is 1. The molecule has 1 saturated heterocycles. The van der Waals surface area contributed by atoms with Crippen LogP contribution in [0.15, 0.2) is 47.4 Å². The first-order valence-corrected chi connectivity index (χ1v) is 11.0. The Bertz CT molecular complexity index is 999. The first kappa shape index (κ1) is 23.1. The Morgan fingerprint density at radius 3 is 2.47 bits per heavy atom. The maximum atomic E-state index is 13.1. The number of hydrogen-bond donors (Lipinski definition) is 2. The van der Waals surface area contributed by atoms with Crippen molar-refractivity contribution in [2.24, 2.45) is 0 Å². The number of nitrogens with one attached hydrogen (secondary N) is 1. The molecule has 1 radical (unpaired) electrons. The number of sulfonamides is 1. The number of rotatable bonds is 4. The number of allylic oxidation sites excluding steroid dienone is 4. The van der Waals surface area contributed by atoms with E-state index in [2.05, 4.69) is 12.2 Å². The summed E-state index contributed by atoms with van der Waals surface area (Å²) in [5.41, 5.74) is -3.87. The third kappa shape index (κ3) is 4.11. The number of halogens is 3. The quantitative estimate of drug-likeness (QED) is 0.678. The Labute approximate surface area is 179 Å². The van der Waals surface area contributed by atoms with E-state index in [0.29, 0.717) is 30.3 Å². The molecule has 2 atom stereocenters. The molecule has 30 heavy (non-hydrogen) atoms. The van der Waals surface area contributed by atoms with Crippen LogP contribution in [0.1, 0.15) is 24.5 Å². The second-order valence-electron chi connectivity index (χ2n) is 7.58. The van der Waals surface area contributed by atoms with Gasteiger partial charge in [0.1, 0.15) is 0 Å². The van der Waals surface area contributed by atoms with Gasteiger partial charge >= 0.3 is 6.18 Å². The first-order valence-electron chi connectivity index (χ1n) is 9.20. The highest BCUT2D eigenvalue weighted by atomic mass is 32.2. The molecule has 1 aliphatic carbocycles. The minimum atomic E-state index is -4.83. The minimum Gasteiger partial charge on any atom is -0.376 e. The SMILES string of the molecule is [CH2][C@@]1(c2ccc(C(C)(O)C(F)(F)F)cc2)CN(S(=O)(=O)C2=CC=CCC2=S)CCN1. The van der Waals surface area contributed by atoms with E-state index in [9.17, 15) is 26.7 Å². The van der Waals surface area contributed by atoms with E-state index < -0.39 is 27.3 Å². The second kappa shape index (κ2) is 7.83. The molecule has 1 unspecified atom stereocenters. The lowest BCUT2D eigenvalue weighted by Gasteiger charge is -2.41. The van der Waals surface area contributed by atoms with Gasteiger partial charge in [0.15, 0.2) is 5.60 Å². The van der Waals surface area contributed by atoms with Gasteiger partial charge in [-0.1, -0.05) is 48.6 Å². The average molecular weight is 460 g/mol. The Hall–Kier alpha value is -1.59. The van der Waals surface area contributed by atoms with Gasteiger partial charge in [-0.3, -0.25) is 0 Å². The zero-order valence-electron chi connectivity index (χ0n) is 16.2. The topological polar surface area (TPSA) is 69.6 Å². The highest BCUT2D eigenvalue weighted by molar-refractivity contribution is 7.96. The zero-order chi connectivity index (χ0) is 22.4. The van der Waals surface area contributed by atoms with Crippen molar-refractivity contribution in [1.29, 1.82) is 0 Å². The van der Waals surface area contributed by atoms with Crippen molar-refractivity contribution in [3.8, 4) is 0 Å². The molecule has 1 aromatic rings. The molecule has 10 heteroatoms. The highest BCUT2D eigenvalue weighted by Gasteiger charge is 2.51. The summed E-state index contributed by atoms with van der Waals surface area (Å²) in [5.74, 6) is 0. The third-order valence-corrected chi connectivity index (χ3v) is 7.85. The highest BCUT2D eigenvalue weighted by Crippen LogP contribution is 2.39. The molecule has 0 saturated carbocycles. The number of benzene rings is 1. The first-order chi connectivity index (χ1) is 13.8. The van der Waals surface area contributed by atoms with Crippen LogP contribution in [0.2, 0.25) is 0 Å². The van der Waals surface area contributed by atoms with E-state index in [1.165, 1.54) is 34.6 Å². The lowest BCUT2D eigenvalue weighted by atomic mass is 9.87. The smallest absolute Gasteiger partial charge is 0.376 e. The van der Waals surface area contributed by atoms with Gasteiger partial charge in [-0.25, -0.2) is 8.42 Å². The van der Waals surface area contributed by atoms with Crippen molar-refractivity contribution < 1.29 is 26.7 Å². The lowest BCUT2D eigenvalue weighted by Crippen LogP contribution is -2.58. The molecule has 2 N–H and O–H groups in total. The van der Waals surface area contributed by atoms with Crippen molar-refractivity contribution in [3.05, 3.63) is 65.4 Å². The number of hydrogen-bond acceptors (Lipinski definition) is 5. The summed E-state index contributed by atoms with van der Waals surface area (Å²) in [6, 6.07) is 5.18. The third-order valence-electron chi connectivity index (χ3n) is 5.40. The van der Waals surface area contributed by atoms with Crippen molar-refractivity contribution in [1.82, 2.24) is 9.62 Å². The zero-order valence-corrected chi connectivity index (χ0v) is 17.9. The van der Waals surface area contributed by atoms with Gasteiger partial charge in [0.05, 0.1) is 10.4 Å². The fourth-order valence-electron chi connectivity index (χ4n) is 3.42. The van der Waals surface area contributed by atoms with Gasteiger partial charge < -0.3 is 10.4 Å². The van der Waals surface area contributed by atoms with E-state index in [1.807, 2.05) is 0 Å². The van der Waals surface area contributed by atoms with Gasteiger partial charge in [-0.15, -0.1) is 0 Å². The summed E-state index contributed by atoms with van der Waals surface area (Å²) in [7, 11) is -3.83. The van der Waals surface area contributed by atoms with Crippen molar-refractivity contribution in [2.75, 3.05) is 19.6 Å². The fraction of sp³-hybridized carbons (Fsp3) is 0.400. The van der Waals surface area contributed by atoms with Crippen LogP contribution in [0.5, 0.6) is 0 Å². The molecule has 2 aliphatic rings. The number of aliphatic hydroxyl groups is 1. The molecular weight excluding hydrogens is 437 g/mol. The summed E-state index contributed by atoms with van der Waals surface area (Å²) in [6.07, 6.45) is 0.450. The van der Waals surface area contributed by atoms with E-state index in [-0.39, 0.29) is 23.6 Å². The van der Waals surface area contributed by atoms with Crippen LogP contribution < -0.4 is 5.32 Å². The minimum absolute atomic E-state index is 0.0198. The summed E-state index contributed by atoms with van der Waals surface area (Å²) in [5, 5.41) is 13.0. The maximum absolute atomic E-state index is 13.1. The maximum Gasteiger partial charge on any atom is 0.421 e. The summed E-state index contributed by atoms with van der Waals surface area (Å²) >= 11 is 5.20. The molecule has 163 valence electrons. The van der Waals surface area contributed by atoms with Crippen LogP contribution in [0.25, 0.3) is 0 Å². The number of nitrogens with zero attached hydrogens (tertiary/aromatic N) is 1. The summed E-state index contributed by atoms with van der Waals surface area (Å²) in [4.78, 5) is 0.422. The van der Waals surface area contributed by atoms with E-state index in [4.69, 9.17) is 12.2 Å². The van der Waals surface area contributed by atoms with Crippen LogP contribution in [-0.2, 0) is 21.2 Å². The van der Waals surface area contributed by atoms with Crippen molar-refractivity contribution >= 4 is 27.1 Å². The molecule has 0 amide bonds. The van der Waals surface area contributed by atoms with Crippen molar-refractivity contribution in [3.63, 3.8) is 0 Å². The largest absolute Gasteiger partial charge is 0.421 e. The second-order valence-corrected chi connectivity index (χ2v) is 9.98. The Balaban J connectivity index is 1.87. The van der Waals surface area contributed by atoms with Crippen LogP contribution in [0.3, 0.4) is 0 Å². The monoisotopic (exact) mass is 459 g/mol. The average Bonchev–Trinajstić information content (AvgIpc) is 2.67. The number of piperazine rings is 1. The summed E-state index contributed by atoms with van der Waals surface area (Å²) in [6.45, 7) is 5.28. The molecule has 0 aromatic heterocycles. The molecule has 1 fully saturated rings. The van der Waals surface area contributed by atoms with Gasteiger partial charge in [-0.2, -0.15) is 17.5 Å². The van der Waals surface area contributed by atoms with Gasteiger partial charge in [0.2, 0.25) is 10.0 Å². The fourth-order valence-corrected chi connectivity index (χ4v) is 5.53. The van der Waals surface area contributed by atoms with Crippen LogP contribution >= 0.6 is 12.2 Å². The molecule has 1 aliphatic heterocycles. The standard InChI is InChI=1S/C20H22F3N2O3S2/c1-18(14-7-9-15(10-8-14)19(2,26)20(21,22)23)13-25(12-11-24-18)30(27,28)17-6-4-3-5-16(17)29/h3-4,6-10,24,26H,1,5,11-13H2,2H3/t18-,19?/m0/s1. The molecule has 3 rings (SSSR count). The molecule has 1 heterocycles. The number of alkyl halides is 3. The van der Waals surface area contributed by atoms with Crippen LogP contribution in [0.4, 0.5) is 13.2 Å². The summed E-state index contributed by atoms with van der Waals surface area (Å²) < 4.78 is 66.7. The molecule has 0 bridgehead atoms. The normalized spacial score (nSPS) is 25.7. The predicted octanol–water partition coefficient (Wildman–Crippen LogP) is 2.93. The molecule has 1 aromatic carbocycles. The molecular formula is C20H22F3N2O3S2. The van der Waals surface area contributed by atoms with Gasteiger partial charge in [0, 0.05) is 30.9 Å². The van der Waals surface area contributed by atoms with E-state index in [1.54, 1.807) is 12.2 Å². The Kier molecular flexibility index (Phi) is 6.02. The molecule has 0 spiro atoms. The Morgan fingerprint density at radius 1 is 1.27 bits per heavy atom.